The Morgan fingerprint density at radius 3 is 2.36 bits per heavy atom. The van der Waals surface area contributed by atoms with E-state index in [0.717, 1.165) is 18.8 Å². The van der Waals surface area contributed by atoms with E-state index in [2.05, 4.69) is 27.6 Å². The molecule has 22 heavy (non-hydrogen) atoms. The van der Waals surface area contributed by atoms with E-state index in [4.69, 9.17) is 0 Å². The van der Waals surface area contributed by atoms with E-state index in [0.29, 0.717) is 18.1 Å². The Bertz CT molecular complexity index is 387. The van der Waals surface area contributed by atoms with Crippen molar-refractivity contribution < 1.29 is 4.79 Å². The molecular weight excluding hydrogens is 393 g/mol. The van der Waals surface area contributed by atoms with Crippen LogP contribution in [0.3, 0.4) is 0 Å². The third kappa shape index (κ3) is 4.97. The van der Waals surface area contributed by atoms with Gasteiger partial charge in [-0.1, -0.05) is 6.42 Å². The molecule has 128 valence electrons. The summed E-state index contributed by atoms with van der Waals surface area (Å²) in [5, 5.41) is 6.60. The Labute approximate surface area is 151 Å². The second kappa shape index (κ2) is 8.90. The highest BCUT2D eigenvalue weighted by Gasteiger charge is 2.36. The van der Waals surface area contributed by atoms with Crippen molar-refractivity contribution in [3.8, 4) is 0 Å². The second-order valence-corrected chi connectivity index (χ2v) is 6.43. The number of hydrogen-bond acceptors (Lipinski definition) is 3. The summed E-state index contributed by atoms with van der Waals surface area (Å²) in [5.74, 6) is 0.788. The molecule has 2 aliphatic heterocycles. The second-order valence-electron chi connectivity index (χ2n) is 6.43. The van der Waals surface area contributed by atoms with Gasteiger partial charge in [-0.25, -0.2) is 0 Å². The largest absolute Gasteiger partial charge is 0.354 e. The minimum absolute atomic E-state index is 0. The molecule has 0 aliphatic carbocycles. The molecule has 2 bridgehead atoms. The van der Waals surface area contributed by atoms with Crippen LogP contribution in [0.5, 0.6) is 0 Å². The van der Waals surface area contributed by atoms with Crippen LogP contribution >= 0.6 is 24.0 Å². The van der Waals surface area contributed by atoms with Gasteiger partial charge in [-0.15, -0.1) is 24.0 Å². The van der Waals surface area contributed by atoms with E-state index in [1.54, 1.807) is 26.0 Å². The maximum absolute atomic E-state index is 11.6. The fourth-order valence-electron chi connectivity index (χ4n) is 3.44. The average molecular weight is 423 g/mol. The quantitative estimate of drug-likeness (QED) is 0.402. The zero-order valence-electron chi connectivity index (χ0n) is 14.1. The van der Waals surface area contributed by atoms with Crippen LogP contribution in [0, 0.1) is 0 Å². The maximum Gasteiger partial charge on any atom is 0.241 e. The summed E-state index contributed by atoms with van der Waals surface area (Å²) in [7, 11) is 7.54. The van der Waals surface area contributed by atoms with Crippen LogP contribution in [-0.2, 0) is 4.79 Å². The standard InChI is InChI=1S/C15H29N5O.HI/c1-16-15(17-10-14(21)19(2)3)18-11-8-12-6-5-7-13(9-11)20(12)4;/h11-13H,5-10H2,1-4H3,(H2,16,17,18);1H. The van der Waals surface area contributed by atoms with Gasteiger partial charge in [-0.2, -0.15) is 0 Å². The third-order valence-electron chi connectivity index (χ3n) is 4.81. The number of piperidine rings is 2. The molecule has 0 radical (unpaired) electrons. The van der Waals surface area contributed by atoms with E-state index in [1.807, 2.05) is 0 Å². The van der Waals surface area contributed by atoms with Gasteiger partial charge in [-0.05, 0) is 32.7 Å². The highest BCUT2D eigenvalue weighted by molar-refractivity contribution is 14.0. The van der Waals surface area contributed by atoms with Crippen molar-refractivity contribution in [3.05, 3.63) is 0 Å². The molecule has 2 aliphatic rings. The van der Waals surface area contributed by atoms with Crippen LogP contribution in [-0.4, -0.2) is 74.5 Å². The number of guanidine groups is 1. The average Bonchev–Trinajstić information content (AvgIpc) is 2.43. The van der Waals surface area contributed by atoms with Crippen molar-refractivity contribution in [2.45, 2.75) is 50.2 Å². The number of rotatable bonds is 3. The number of carbonyl (C=O) groups excluding carboxylic acids is 1. The first-order valence-electron chi connectivity index (χ1n) is 7.90. The lowest BCUT2D eigenvalue weighted by Crippen LogP contribution is -2.57. The van der Waals surface area contributed by atoms with Gasteiger partial charge < -0.3 is 20.4 Å². The summed E-state index contributed by atoms with van der Waals surface area (Å²) in [6.07, 6.45) is 6.29. The van der Waals surface area contributed by atoms with Crippen LogP contribution < -0.4 is 10.6 Å². The highest BCUT2D eigenvalue weighted by Crippen LogP contribution is 2.32. The number of carbonyl (C=O) groups is 1. The molecule has 0 aromatic rings. The van der Waals surface area contributed by atoms with Crippen molar-refractivity contribution in [1.82, 2.24) is 20.4 Å². The molecule has 2 atom stereocenters. The Balaban J connectivity index is 0.00000242. The molecule has 2 saturated heterocycles. The summed E-state index contributed by atoms with van der Waals surface area (Å²) in [5.41, 5.74) is 0. The molecule has 2 fully saturated rings. The molecule has 0 aromatic carbocycles. The van der Waals surface area contributed by atoms with Crippen molar-refractivity contribution in [3.63, 3.8) is 0 Å². The SMILES string of the molecule is CN=C(NCC(=O)N(C)C)NC1CC2CCCC(C1)N2C.I. The number of amides is 1. The zero-order valence-corrected chi connectivity index (χ0v) is 16.5. The summed E-state index contributed by atoms with van der Waals surface area (Å²) >= 11 is 0. The molecule has 7 heteroatoms. The van der Waals surface area contributed by atoms with Crippen molar-refractivity contribution in [1.29, 1.82) is 0 Å². The van der Waals surface area contributed by atoms with Gasteiger partial charge in [0.25, 0.3) is 0 Å². The van der Waals surface area contributed by atoms with E-state index in [9.17, 15) is 4.79 Å². The lowest BCUT2D eigenvalue weighted by atomic mass is 9.82. The summed E-state index contributed by atoms with van der Waals surface area (Å²) in [6, 6.07) is 1.84. The summed E-state index contributed by atoms with van der Waals surface area (Å²) in [6.45, 7) is 0.284. The lowest BCUT2D eigenvalue weighted by molar-refractivity contribution is -0.127. The number of fused-ring (bicyclic) bond motifs is 2. The molecule has 2 unspecified atom stereocenters. The molecule has 6 nitrogen and oxygen atoms in total. The van der Waals surface area contributed by atoms with Gasteiger partial charge in [-0.3, -0.25) is 9.79 Å². The van der Waals surface area contributed by atoms with Crippen LogP contribution in [0.4, 0.5) is 0 Å². The van der Waals surface area contributed by atoms with E-state index >= 15 is 0 Å². The molecular formula is C15H30IN5O. The number of hydrogen-bond donors (Lipinski definition) is 2. The van der Waals surface area contributed by atoms with E-state index in [1.165, 1.54) is 19.3 Å². The van der Waals surface area contributed by atoms with Crippen molar-refractivity contribution in [2.75, 3.05) is 34.7 Å². The van der Waals surface area contributed by atoms with Gasteiger partial charge in [0.15, 0.2) is 5.96 Å². The normalized spacial score (nSPS) is 28.5. The summed E-state index contributed by atoms with van der Waals surface area (Å²) in [4.78, 5) is 20.0. The van der Waals surface area contributed by atoms with E-state index in [-0.39, 0.29) is 36.4 Å². The molecule has 2 rings (SSSR count). The first kappa shape index (κ1) is 19.5. The first-order valence-corrected chi connectivity index (χ1v) is 7.90. The minimum atomic E-state index is 0. The molecule has 0 spiro atoms. The predicted octanol–water partition coefficient (Wildman–Crippen LogP) is 0.873. The fourth-order valence-corrected chi connectivity index (χ4v) is 3.44. The Morgan fingerprint density at radius 1 is 1.27 bits per heavy atom. The fraction of sp³-hybridized carbons (Fsp3) is 0.867. The zero-order chi connectivity index (χ0) is 15.4. The first-order chi connectivity index (χ1) is 10.0. The van der Waals surface area contributed by atoms with Crippen LogP contribution in [0.2, 0.25) is 0 Å². The van der Waals surface area contributed by atoms with Crippen LogP contribution in [0.25, 0.3) is 0 Å². The minimum Gasteiger partial charge on any atom is -0.354 e. The van der Waals surface area contributed by atoms with Gasteiger partial charge in [0, 0.05) is 39.3 Å². The number of likely N-dealkylation sites (N-methyl/N-ethyl adjacent to an activating group) is 1. The molecule has 0 saturated carbocycles. The highest BCUT2D eigenvalue weighted by atomic mass is 127. The third-order valence-corrected chi connectivity index (χ3v) is 4.81. The number of nitrogens with zero attached hydrogens (tertiary/aromatic N) is 3. The molecule has 2 heterocycles. The van der Waals surface area contributed by atoms with Gasteiger partial charge in [0.2, 0.25) is 5.91 Å². The van der Waals surface area contributed by atoms with Gasteiger partial charge >= 0.3 is 0 Å². The van der Waals surface area contributed by atoms with Crippen molar-refractivity contribution >= 4 is 35.8 Å². The van der Waals surface area contributed by atoms with Crippen molar-refractivity contribution in [2.24, 2.45) is 4.99 Å². The predicted molar refractivity (Wildman–Crippen MR) is 101 cm³/mol. The summed E-state index contributed by atoms with van der Waals surface area (Å²) < 4.78 is 0. The van der Waals surface area contributed by atoms with Crippen LogP contribution in [0.1, 0.15) is 32.1 Å². The Kier molecular flexibility index (Phi) is 7.88. The monoisotopic (exact) mass is 423 g/mol. The van der Waals surface area contributed by atoms with E-state index < -0.39 is 0 Å². The molecule has 0 aromatic heterocycles. The Morgan fingerprint density at radius 2 is 1.86 bits per heavy atom. The van der Waals surface area contributed by atoms with Crippen LogP contribution in [0.15, 0.2) is 4.99 Å². The maximum atomic E-state index is 11.6. The van der Waals surface area contributed by atoms with Gasteiger partial charge in [0.05, 0.1) is 6.54 Å². The Hall–Kier alpha value is -0.570. The number of halogens is 1. The number of aliphatic imine (C=N–C) groups is 1. The molecule has 1 amide bonds. The molecule has 2 N–H and O–H groups in total. The number of nitrogens with one attached hydrogen (secondary N) is 2. The van der Waals surface area contributed by atoms with Gasteiger partial charge in [0.1, 0.15) is 0 Å². The smallest absolute Gasteiger partial charge is 0.241 e. The topological polar surface area (TPSA) is 60.0 Å². The lowest BCUT2D eigenvalue weighted by Gasteiger charge is -2.47.